The standard InChI is InChI=1S/C19H32N2O2/c1-19(2,3)15-20-9-10-21(17(14-20)8-11-22)13-16-6-5-7-18(12-16)23-4/h5-7,12,17,22H,8-11,13-15H2,1-4H3/t17-/m0/s1. The lowest BCUT2D eigenvalue weighted by atomic mass is 9.95. The van der Waals surface area contributed by atoms with Gasteiger partial charge in [0.25, 0.3) is 0 Å². The van der Waals surface area contributed by atoms with Crippen LogP contribution < -0.4 is 4.74 Å². The van der Waals surface area contributed by atoms with Crippen molar-refractivity contribution in [1.29, 1.82) is 0 Å². The molecule has 0 radical (unpaired) electrons. The molecule has 0 spiro atoms. The first-order valence-electron chi connectivity index (χ1n) is 8.61. The van der Waals surface area contributed by atoms with E-state index in [2.05, 4.69) is 42.7 Å². The Balaban J connectivity index is 2.00. The minimum Gasteiger partial charge on any atom is -0.497 e. The molecule has 130 valence electrons. The van der Waals surface area contributed by atoms with Crippen LogP contribution in [-0.4, -0.2) is 60.8 Å². The van der Waals surface area contributed by atoms with Crippen molar-refractivity contribution in [3.05, 3.63) is 29.8 Å². The molecule has 1 heterocycles. The maximum atomic E-state index is 9.44. The highest BCUT2D eigenvalue weighted by Crippen LogP contribution is 2.22. The highest BCUT2D eigenvalue weighted by atomic mass is 16.5. The summed E-state index contributed by atoms with van der Waals surface area (Å²) in [5, 5.41) is 9.44. The lowest BCUT2D eigenvalue weighted by molar-refractivity contribution is 0.0381. The van der Waals surface area contributed by atoms with E-state index in [4.69, 9.17) is 4.74 Å². The van der Waals surface area contributed by atoms with Gasteiger partial charge in [-0.2, -0.15) is 0 Å². The Bertz CT molecular complexity index is 485. The molecule has 0 aromatic heterocycles. The predicted octanol–water partition coefficient (Wildman–Crippen LogP) is 2.61. The van der Waals surface area contributed by atoms with Crippen LogP contribution >= 0.6 is 0 Å². The number of nitrogens with zero attached hydrogens (tertiary/aromatic N) is 2. The first kappa shape index (κ1) is 18.2. The molecule has 1 aromatic carbocycles. The van der Waals surface area contributed by atoms with Gasteiger partial charge in [-0.15, -0.1) is 0 Å². The second-order valence-corrected chi connectivity index (χ2v) is 7.78. The van der Waals surface area contributed by atoms with Crippen molar-refractivity contribution in [2.75, 3.05) is 39.9 Å². The Hall–Kier alpha value is -1.10. The van der Waals surface area contributed by atoms with Gasteiger partial charge in [-0.05, 0) is 29.5 Å². The molecular weight excluding hydrogens is 288 g/mol. The van der Waals surface area contributed by atoms with E-state index in [1.807, 2.05) is 12.1 Å². The maximum Gasteiger partial charge on any atom is 0.119 e. The van der Waals surface area contributed by atoms with E-state index in [1.54, 1.807) is 7.11 Å². The average molecular weight is 320 g/mol. The van der Waals surface area contributed by atoms with Crippen LogP contribution in [0.3, 0.4) is 0 Å². The number of aliphatic hydroxyl groups is 1. The van der Waals surface area contributed by atoms with E-state index >= 15 is 0 Å². The fourth-order valence-corrected chi connectivity index (χ4v) is 3.41. The molecule has 4 nitrogen and oxygen atoms in total. The topological polar surface area (TPSA) is 35.9 Å². The van der Waals surface area contributed by atoms with Gasteiger partial charge in [0.1, 0.15) is 5.75 Å². The van der Waals surface area contributed by atoms with Crippen LogP contribution in [-0.2, 0) is 6.54 Å². The van der Waals surface area contributed by atoms with Gasteiger partial charge in [0.2, 0.25) is 0 Å². The molecule has 1 atom stereocenters. The molecule has 0 aliphatic carbocycles. The molecule has 0 unspecified atom stereocenters. The van der Waals surface area contributed by atoms with Crippen molar-refractivity contribution in [2.24, 2.45) is 5.41 Å². The highest BCUT2D eigenvalue weighted by Gasteiger charge is 2.28. The van der Waals surface area contributed by atoms with E-state index in [0.717, 1.165) is 44.9 Å². The second-order valence-electron chi connectivity index (χ2n) is 7.78. The fraction of sp³-hybridized carbons (Fsp3) is 0.684. The monoisotopic (exact) mass is 320 g/mol. The molecule has 23 heavy (non-hydrogen) atoms. The summed E-state index contributed by atoms with van der Waals surface area (Å²) >= 11 is 0. The Morgan fingerprint density at radius 2 is 2.04 bits per heavy atom. The van der Waals surface area contributed by atoms with Crippen LogP contribution in [0.2, 0.25) is 0 Å². The van der Waals surface area contributed by atoms with Crippen molar-refractivity contribution < 1.29 is 9.84 Å². The number of hydrogen-bond acceptors (Lipinski definition) is 4. The van der Waals surface area contributed by atoms with Gasteiger partial charge < -0.3 is 9.84 Å². The minimum absolute atomic E-state index is 0.253. The fourth-order valence-electron chi connectivity index (χ4n) is 3.41. The smallest absolute Gasteiger partial charge is 0.119 e. The molecule has 1 aliphatic heterocycles. The number of methoxy groups -OCH3 is 1. The third-order valence-electron chi connectivity index (χ3n) is 4.37. The number of ether oxygens (including phenoxy) is 1. The lowest BCUT2D eigenvalue weighted by Crippen LogP contribution is -2.54. The van der Waals surface area contributed by atoms with Gasteiger partial charge in [0.15, 0.2) is 0 Å². The van der Waals surface area contributed by atoms with Gasteiger partial charge in [-0.25, -0.2) is 0 Å². The Morgan fingerprint density at radius 3 is 2.70 bits per heavy atom. The van der Waals surface area contributed by atoms with E-state index in [-0.39, 0.29) is 6.61 Å². The molecule has 1 N–H and O–H groups in total. The molecule has 1 saturated heterocycles. The Kier molecular flexibility index (Phi) is 6.45. The molecule has 0 saturated carbocycles. The van der Waals surface area contributed by atoms with Gasteiger partial charge in [0, 0.05) is 45.4 Å². The Labute approximate surface area is 141 Å². The molecule has 4 heteroatoms. The summed E-state index contributed by atoms with van der Waals surface area (Å²) in [5.74, 6) is 0.910. The zero-order valence-corrected chi connectivity index (χ0v) is 15.1. The van der Waals surface area contributed by atoms with Crippen molar-refractivity contribution in [1.82, 2.24) is 9.80 Å². The summed E-state index contributed by atoms with van der Waals surface area (Å²) in [5.41, 5.74) is 1.59. The molecule has 1 aromatic rings. The third-order valence-corrected chi connectivity index (χ3v) is 4.37. The van der Waals surface area contributed by atoms with Gasteiger partial charge in [-0.3, -0.25) is 9.80 Å². The molecule has 0 amide bonds. The van der Waals surface area contributed by atoms with Crippen LogP contribution in [0.4, 0.5) is 0 Å². The van der Waals surface area contributed by atoms with Crippen molar-refractivity contribution in [2.45, 2.75) is 39.8 Å². The third kappa shape index (κ3) is 5.79. The molecule has 2 rings (SSSR count). The zero-order chi connectivity index (χ0) is 16.9. The summed E-state index contributed by atoms with van der Waals surface area (Å²) < 4.78 is 5.32. The summed E-state index contributed by atoms with van der Waals surface area (Å²) in [6.45, 7) is 12.3. The molecular formula is C19H32N2O2. The quantitative estimate of drug-likeness (QED) is 0.874. The predicted molar refractivity (Wildman–Crippen MR) is 94.8 cm³/mol. The summed E-state index contributed by atoms with van der Waals surface area (Å²) in [6, 6.07) is 8.71. The summed E-state index contributed by atoms with van der Waals surface area (Å²) in [4.78, 5) is 5.05. The van der Waals surface area contributed by atoms with Gasteiger partial charge >= 0.3 is 0 Å². The van der Waals surface area contributed by atoms with E-state index in [1.165, 1.54) is 5.56 Å². The van der Waals surface area contributed by atoms with Gasteiger partial charge in [0.05, 0.1) is 7.11 Å². The number of piperazine rings is 1. The minimum atomic E-state index is 0.253. The molecule has 1 fully saturated rings. The van der Waals surface area contributed by atoms with E-state index in [9.17, 15) is 5.11 Å². The largest absolute Gasteiger partial charge is 0.497 e. The average Bonchev–Trinajstić information content (AvgIpc) is 2.49. The number of aliphatic hydroxyl groups excluding tert-OH is 1. The zero-order valence-electron chi connectivity index (χ0n) is 15.1. The van der Waals surface area contributed by atoms with Crippen LogP contribution in [0.15, 0.2) is 24.3 Å². The van der Waals surface area contributed by atoms with Crippen molar-refractivity contribution in [3.63, 3.8) is 0 Å². The van der Waals surface area contributed by atoms with Crippen LogP contribution in [0.5, 0.6) is 5.75 Å². The number of rotatable bonds is 6. The van der Waals surface area contributed by atoms with Crippen LogP contribution in [0, 0.1) is 5.41 Å². The second kappa shape index (κ2) is 8.13. The molecule has 0 bridgehead atoms. The first-order chi connectivity index (χ1) is 10.9. The lowest BCUT2D eigenvalue weighted by Gasteiger charge is -2.43. The van der Waals surface area contributed by atoms with Gasteiger partial charge in [-0.1, -0.05) is 32.9 Å². The van der Waals surface area contributed by atoms with Crippen molar-refractivity contribution in [3.8, 4) is 5.75 Å². The van der Waals surface area contributed by atoms with E-state index in [0.29, 0.717) is 11.5 Å². The maximum absolute atomic E-state index is 9.44. The van der Waals surface area contributed by atoms with Crippen LogP contribution in [0.1, 0.15) is 32.8 Å². The number of benzene rings is 1. The molecule has 1 aliphatic rings. The van der Waals surface area contributed by atoms with Crippen molar-refractivity contribution >= 4 is 0 Å². The first-order valence-corrected chi connectivity index (χ1v) is 8.61. The normalized spacial score (nSPS) is 20.7. The highest BCUT2D eigenvalue weighted by molar-refractivity contribution is 5.28. The van der Waals surface area contributed by atoms with E-state index < -0.39 is 0 Å². The summed E-state index contributed by atoms with van der Waals surface area (Å²) in [6.07, 6.45) is 0.838. The SMILES string of the molecule is COc1cccc(CN2CCN(CC(C)(C)C)C[C@@H]2CCO)c1. The van der Waals surface area contributed by atoms with Crippen LogP contribution in [0.25, 0.3) is 0 Å². The summed E-state index contributed by atoms with van der Waals surface area (Å²) in [7, 11) is 1.71. The Morgan fingerprint density at radius 1 is 1.26 bits per heavy atom. The number of hydrogen-bond donors (Lipinski definition) is 1.